The van der Waals surface area contributed by atoms with Gasteiger partial charge in [-0.15, -0.1) is 11.3 Å². The second-order valence-corrected chi connectivity index (χ2v) is 6.04. The molecule has 0 fully saturated rings. The van der Waals surface area contributed by atoms with Crippen LogP contribution < -0.4 is 5.32 Å². The Hall–Kier alpha value is -1.65. The summed E-state index contributed by atoms with van der Waals surface area (Å²) in [5.41, 5.74) is 1.92. The van der Waals surface area contributed by atoms with Crippen LogP contribution in [0.3, 0.4) is 0 Å². The molecule has 0 bridgehead atoms. The fourth-order valence-corrected chi connectivity index (χ4v) is 3.48. The van der Waals surface area contributed by atoms with E-state index in [-0.39, 0.29) is 5.91 Å². The number of alkyl halides is 1. The lowest BCUT2D eigenvalue weighted by atomic mass is 10.2. The van der Waals surface area contributed by atoms with E-state index in [0.717, 1.165) is 31.5 Å². The van der Waals surface area contributed by atoms with E-state index in [9.17, 15) is 4.79 Å². The summed E-state index contributed by atoms with van der Waals surface area (Å²) in [6, 6.07) is 17.8. The van der Waals surface area contributed by atoms with Gasteiger partial charge in [-0.05, 0) is 29.1 Å². The Bertz CT molecular complexity index is 733. The standard InChI is InChI=1S/C16H12BrNOS/c17-10-12-6-1-3-7-13(12)18-16(19)15-9-11-5-2-4-8-14(11)20-15/h1-9H,10H2,(H,18,19). The largest absolute Gasteiger partial charge is 0.321 e. The highest BCUT2D eigenvalue weighted by Gasteiger charge is 2.11. The van der Waals surface area contributed by atoms with E-state index in [1.54, 1.807) is 0 Å². The summed E-state index contributed by atoms with van der Waals surface area (Å²) in [6.07, 6.45) is 0. The lowest BCUT2D eigenvalue weighted by Gasteiger charge is -2.07. The highest BCUT2D eigenvalue weighted by molar-refractivity contribution is 9.08. The van der Waals surface area contributed by atoms with Gasteiger partial charge in [0.1, 0.15) is 0 Å². The van der Waals surface area contributed by atoms with E-state index in [0.29, 0.717) is 0 Å². The zero-order valence-corrected chi connectivity index (χ0v) is 13.0. The molecule has 0 atom stereocenters. The van der Waals surface area contributed by atoms with Crippen LogP contribution in [0.2, 0.25) is 0 Å². The number of hydrogen-bond donors (Lipinski definition) is 1. The van der Waals surface area contributed by atoms with Gasteiger partial charge in [-0.25, -0.2) is 0 Å². The first-order valence-corrected chi connectivity index (χ1v) is 8.15. The Kier molecular flexibility index (Phi) is 3.85. The first-order chi connectivity index (χ1) is 9.78. The van der Waals surface area contributed by atoms with Crippen LogP contribution in [-0.2, 0) is 5.33 Å². The molecule has 20 heavy (non-hydrogen) atoms. The minimum atomic E-state index is -0.0559. The Morgan fingerprint density at radius 3 is 2.65 bits per heavy atom. The van der Waals surface area contributed by atoms with Crippen LogP contribution in [0.4, 0.5) is 5.69 Å². The molecule has 0 aliphatic carbocycles. The van der Waals surface area contributed by atoms with Crippen molar-refractivity contribution in [2.75, 3.05) is 5.32 Å². The molecule has 1 amide bonds. The second kappa shape index (κ2) is 5.77. The monoisotopic (exact) mass is 345 g/mol. The summed E-state index contributed by atoms with van der Waals surface area (Å²) in [6.45, 7) is 0. The summed E-state index contributed by atoms with van der Waals surface area (Å²) < 4.78 is 1.13. The van der Waals surface area contributed by atoms with Gasteiger partial charge in [-0.3, -0.25) is 4.79 Å². The van der Waals surface area contributed by atoms with Crippen LogP contribution in [0.1, 0.15) is 15.2 Å². The number of amides is 1. The fourth-order valence-electron chi connectivity index (χ4n) is 2.04. The average Bonchev–Trinajstić information content (AvgIpc) is 2.92. The van der Waals surface area contributed by atoms with Crippen molar-refractivity contribution in [3.63, 3.8) is 0 Å². The van der Waals surface area contributed by atoms with E-state index in [1.807, 2.05) is 54.6 Å². The summed E-state index contributed by atoms with van der Waals surface area (Å²) >= 11 is 4.95. The number of benzene rings is 2. The molecule has 3 rings (SSSR count). The molecule has 3 aromatic rings. The molecule has 0 spiro atoms. The van der Waals surface area contributed by atoms with Crippen molar-refractivity contribution in [3.8, 4) is 0 Å². The van der Waals surface area contributed by atoms with E-state index in [4.69, 9.17) is 0 Å². The third kappa shape index (κ3) is 2.62. The Morgan fingerprint density at radius 2 is 1.85 bits per heavy atom. The van der Waals surface area contributed by atoms with Gasteiger partial charge >= 0.3 is 0 Å². The molecule has 0 saturated heterocycles. The summed E-state index contributed by atoms with van der Waals surface area (Å²) in [5.74, 6) is -0.0559. The summed E-state index contributed by atoms with van der Waals surface area (Å²) in [7, 11) is 0. The van der Waals surface area contributed by atoms with E-state index in [2.05, 4.69) is 21.2 Å². The number of carbonyl (C=O) groups is 1. The number of carbonyl (C=O) groups excluding carboxylic acids is 1. The average molecular weight is 346 g/mol. The predicted octanol–water partition coefficient (Wildman–Crippen LogP) is 5.05. The number of para-hydroxylation sites is 1. The van der Waals surface area contributed by atoms with Gasteiger partial charge in [-0.2, -0.15) is 0 Å². The van der Waals surface area contributed by atoms with Crippen LogP contribution in [0, 0.1) is 0 Å². The molecular formula is C16H12BrNOS. The van der Waals surface area contributed by atoms with E-state index < -0.39 is 0 Å². The van der Waals surface area contributed by atoms with Crippen molar-refractivity contribution < 1.29 is 4.79 Å². The third-order valence-electron chi connectivity index (χ3n) is 3.06. The number of thiophene rings is 1. The highest BCUT2D eigenvalue weighted by Crippen LogP contribution is 2.26. The zero-order valence-electron chi connectivity index (χ0n) is 10.6. The van der Waals surface area contributed by atoms with Crippen LogP contribution >= 0.6 is 27.3 Å². The van der Waals surface area contributed by atoms with Crippen molar-refractivity contribution in [2.45, 2.75) is 5.33 Å². The van der Waals surface area contributed by atoms with Gasteiger partial charge in [0, 0.05) is 15.7 Å². The third-order valence-corrected chi connectivity index (χ3v) is 4.78. The quantitative estimate of drug-likeness (QED) is 0.661. The molecule has 0 aliphatic rings. The molecule has 1 N–H and O–H groups in total. The molecule has 0 radical (unpaired) electrons. The molecule has 1 heterocycles. The van der Waals surface area contributed by atoms with E-state index >= 15 is 0 Å². The van der Waals surface area contributed by atoms with Crippen LogP contribution in [-0.4, -0.2) is 5.91 Å². The normalized spacial score (nSPS) is 10.7. The van der Waals surface area contributed by atoms with Gasteiger partial charge in [0.2, 0.25) is 0 Å². The number of halogens is 1. The van der Waals surface area contributed by atoms with Gasteiger partial charge in [-0.1, -0.05) is 52.3 Å². The van der Waals surface area contributed by atoms with Crippen molar-refractivity contribution in [3.05, 3.63) is 65.0 Å². The van der Waals surface area contributed by atoms with Crippen LogP contribution in [0.25, 0.3) is 10.1 Å². The minimum Gasteiger partial charge on any atom is -0.321 e. The molecule has 1 aromatic heterocycles. The van der Waals surface area contributed by atoms with Crippen LogP contribution in [0.5, 0.6) is 0 Å². The van der Waals surface area contributed by atoms with Crippen molar-refractivity contribution >= 4 is 48.9 Å². The maximum Gasteiger partial charge on any atom is 0.265 e. The van der Waals surface area contributed by atoms with Crippen molar-refractivity contribution in [1.29, 1.82) is 0 Å². The van der Waals surface area contributed by atoms with Gasteiger partial charge in [0.25, 0.3) is 5.91 Å². The molecule has 100 valence electrons. The van der Waals surface area contributed by atoms with Crippen molar-refractivity contribution in [1.82, 2.24) is 0 Å². The molecule has 0 unspecified atom stereocenters. The Balaban J connectivity index is 1.89. The van der Waals surface area contributed by atoms with Gasteiger partial charge < -0.3 is 5.32 Å². The minimum absolute atomic E-state index is 0.0559. The number of fused-ring (bicyclic) bond motifs is 1. The SMILES string of the molecule is O=C(Nc1ccccc1CBr)c1cc2ccccc2s1. The van der Waals surface area contributed by atoms with E-state index in [1.165, 1.54) is 11.3 Å². The molecule has 4 heteroatoms. The first kappa shape index (κ1) is 13.3. The smallest absolute Gasteiger partial charge is 0.265 e. The Morgan fingerprint density at radius 1 is 1.10 bits per heavy atom. The predicted molar refractivity (Wildman–Crippen MR) is 88.9 cm³/mol. The molecule has 0 saturated carbocycles. The maximum atomic E-state index is 12.3. The molecule has 2 nitrogen and oxygen atoms in total. The summed E-state index contributed by atoms with van der Waals surface area (Å²) in [5, 5.41) is 4.81. The number of rotatable bonds is 3. The fraction of sp³-hybridized carbons (Fsp3) is 0.0625. The van der Waals surface area contributed by atoms with Gasteiger partial charge in [0.15, 0.2) is 0 Å². The van der Waals surface area contributed by atoms with Crippen LogP contribution in [0.15, 0.2) is 54.6 Å². The molecule has 0 aliphatic heterocycles. The topological polar surface area (TPSA) is 29.1 Å². The van der Waals surface area contributed by atoms with Gasteiger partial charge in [0.05, 0.1) is 4.88 Å². The zero-order chi connectivity index (χ0) is 13.9. The van der Waals surface area contributed by atoms with Crippen molar-refractivity contribution in [2.24, 2.45) is 0 Å². The Labute approximate surface area is 129 Å². The maximum absolute atomic E-state index is 12.3. The molecule has 2 aromatic carbocycles. The number of hydrogen-bond acceptors (Lipinski definition) is 2. The summed E-state index contributed by atoms with van der Waals surface area (Å²) in [4.78, 5) is 13.1. The number of anilines is 1. The first-order valence-electron chi connectivity index (χ1n) is 6.22. The highest BCUT2D eigenvalue weighted by atomic mass is 79.9. The number of nitrogens with one attached hydrogen (secondary N) is 1. The molecular weight excluding hydrogens is 334 g/mol. The lowest BCUT2D eigenvalue weighted by molar-refractivity contribution is 0.103. The second-order valence-electron chi connectivity index (χ2n) is 4.39. The lowest BCUT2D eigenvalue weighted by Crippen LogP contribution is -2.11.